The first-order valence-electron chi connectivity index (χ1n) is 8.51. The quantitative estimate of drug-likeness (QED) is 0.491. The van der Waals surface area contributed by atoms with Crippen molar-refractivity contribution in [2.45, 2.75) is 38.6 Å². The van der Waals surface area contributed by atoms with Crippen LogP contribution in [0.15, 0.2) is 29.5 Å². The maximum atomic E-state index is 13.5. The van der Waals surface area contributed by atoms with Crippen molar-refractivity contribution in [1.29, 1.82) is 0 Å². The van der Waals surface area contributed by atoms with E-state index >= 15 is 0 Å². The van der Waals surface area contributed by atoms with Gasteiger partial charge in [0.25, 0.3) is 0 Å². The number of nitrogens with one attached hydrogen (secondary N) is 2. The Bertz CT molecular complexity index is 771. The Labute approximate surface area is 160 Å². The Morgan fingerprint density at radius 3 is 2.59 bits per heavy atom. The summed E-state index contributed by atoms with van der Waals surface area (Å²) in [5.41, 5.74) is -3.04. The summed E-state index contributed by atoms with van der Waals surface area (Å²) >= 11 is 1.62. The number of hydrogen-bond donors (Lipinski definition) is 3. The fourth-order valence-corrected chi connectivity index (χ4v) is 3.39. The van der Waals surface area contributed by atoms with Crippen molar-refractivity contribution >= 4 is 17.3 Å². The van der Waals surface area contributed by atoms with Gasteiger partial charge in [-0.1, -0.05) is 0 Å². The number of halogens is 3. The minimum atomic E-state index is -4.85. The lowest BCUT2D eigenvalue weighted by Gasteiger charge is -2.30. The molecule has 1 atom stereocenters. The molecule has 27 heavy (non-hydrogen) atoms. The molecular formula is C17H24F3N5OS. The van der Waals surface area contributed by atoms with Crippen molar-refractivity contribution in [3.8, 4) is 0 Å². The topological polar surface area (TPSA) is 74.5 Å². The summed E-state index contributed by atoms with van der Waals surface area (Å²) in [6.07, 6.45) is -2.84. The molecule has 0 spiro atoms. The summed E-state index contributed by atoms with van der Waals surface area (Å²) in [7, 11) is 1.42. The standard InChI is InChI=1S/C17H24F3N5OS/c1-4-21-15(24-11-13-6-5-12(2)27-13)23-8-7-16(26,17(18,19)20)14-22-9-10-25(14)3/h5-6,9-10,26H,4,7-8,11H2,1-3H3,(H2,21,23,24). The molecule has 0 bridgehead atoms. The van der Waals surface area contributed by atoms with Crippen molar-refractivity contribution < 1.29 is 18.3 Å². The number of rotatable bonds is 7. The molecule has 6 nitrogen and oxygen atoms in total. The van der Waals surface area contributed by atoms with Crippen LogP contribution in [0.5, 0.6) is 0 Å². The Morgan fingerprint density at radius 2 is 2.07 bits per heavy atom. The van der Waals surface area contributed by atoms with E-state index in [1.807, 2.05) is 26.0 Å². The van der Waals surface area contributed by atoms with Gasteiger partial charge in [-0.05, 0) is 26.0 Å². The zero-order chi connectivity index (χ0) is 20.1. The van der Waals surface area contributed by atoms with Crippen LogP contribution >= 0.6 is 11.3 Å². The number of nitrogens with zero attached hydrogens (tertiary/aromatic N) is 3. The highest BCUT2D eigenvalue weighted by atomic mass is 32.1. The monoisotopic (exact) mass is 403 g/mol. The zero-order valence-electron chi connectivity index (χ0n) is 15.5. The number of thiophene rings is 1. The largest absolute Gasteiger partial charge is 0.424 e. The van der Waals surface area contributed by atoms with Gasteiger partial charge in [0.05, 0.1) is 6.54 Å². The highest BCUT2D eigenvalue weighted by Gasteiger charge is 2.57. The lowest BCUT2D eigenvalue weighted by Crippen LogP contribution is -2.47. The van der Waals surface area contributed by atoms with E-state index in [-0.39, 0.29) is 6.54 Å². The first-order chi connectivity index (χ1) is 12.7. The van der Waals surface area contributed by atoms with Gasteiger partial charge in [0.2, 0.25) is 5.60 Å². The van der Waals surface area contributed by atoms with Gasteiger partial charge in [0.1, 0.15) is 5.82 Å². The summed E-state index contributed by atoms with van der Waals surface area (Å²) in [5, 5.41) is 16.2. The van der Waals surface area contributed by atoms with Crippen molar-refractivity contribution in [3.05, 3.63) is 40.1 Å². The molecule has 0 fully saturated rings. The number of guanidine groups is 1. The third kappa shape index (κ3) is 5.23. The van der Waals surface area contributed by atoms with Crippen molar-refractivity contribution in [1.82, 2.24) is 20.2 Å². The number of imidazole rings is 1. The second-order valence-electron chi connectivity index (χ2n) is 6.10. The molecule has 0 aliphatic rings. The molecule has 2 heterocycles. The molecule has 2 rings (SSSR count). The lowest BCUT2D eigenvalue weighted by atomic mass is 9.97. The minimum Gasteiger partial charge on any atom is -0.374 e. The Hall–Kier alpha value is -2.07. The number of aliphatic imine (C=N–C) groups is 1. The molecule has 0 amide bonds. The Kier molecular flexibility index (Phi) is 6.88. The van der Waals surface area contributed by atoms with Crippen LogP contribution in [-0.2, 0) is 19.2 Å². The van der Waals surface area contributed by atoms with Gasteiger partial charge in [-0.3, -0.25) is 0 Å². The molecule has 0 radical (unpaired) electrons. The number of aliphatic hydroxyl groups is 1. The minimum absolute atomic E-state index is 0.127. The average molecular weight is 403 g/mol. The van der Waals surface area contributed by atoms with Gasteiger partial charge in [-0.25, -0.2) is 9.98 Å². The highest BCUT2D eigenvalue weighted by Crippen LogP contribution is 2.40. The SMILES string of the molecule is CCNC(=NCc1ccc(C)s1)NCCC(O)(c1nccn1C)C(F)(F)F. The van der Waals surface area contributed by atoms with E-state index in [1.54, 1.807) is 11.3 Å². The van der Waals surface area contributed by atoms with Crippen LogP contribution in [-0.4, -0.2) is 39.9 Å². The average Bonchev–Trinajstić information content (AvgIpc) is 3.19. The first kappa shape index (κ1) is 21.2. The molecule has 150 valence electrons. The highest BCUT2D eigenvalue weighted by molar-refractivity contribution is 7.11. The fourth-order valence-electron chi connectivity index (χ4n) is 2.58. The van der Waals surface area contributed by atoms with Crippen LogP contribution < -0.4 is 10.6 Å². The zero-order valence-corrected chi connectivity index (χ0v) is 16.3. The molecule has 3 N–H and O–H groups in total. The van der Waals surface area contributed by atoms with Gasteiger partial charge in [-0.15, -0.1) is 11.3 Å². The van der Waals surface area contributed by atoms with Gasteiger partial charge in [0, 0.05) is 48.7 Å². The second-order valence-corrected chi connectivity index (χ2v) is 7.48. The van der Waals surface area contributed by atoms with Crippen molar-refractivity contribution in [3.63, 3.8) is 0 Å². The van der Waals surface area contributed by atoms with Gasteiger partial charge < -0.3 is 20.3 Å². The summed E-state index contributed by atoms with van der Waals surface area (Å²) in [6.45, 7) is 4.73. The molecule has 1 unspecified atom stereocenters. The summed E-state index contributed by atoms with van der Waals surface area (Å²) in [5.74, 6) is -0.0410. The number of alkyl halides is 3. The van der Waals surface area contributed by atoms with Crippen molar-refractivity contribution in [2.24, 2.45) is 12.0 Å². The summed E-state index contributed by atoms with van der Waals surface area (Å²) in [6, 6.07) is 3.96. The van der Waals surface area contributed by atoms with Gasteiger partial charge >= 0.3 is 6.18 Å². The normalized spacial score (nSPS) is 14.9. The van der Waals surface area contributed by atoms with Crippen LogP contribution in [0.1, 0.15) is 28.9 Å². The van der Waals surface area contributed by atoms with Gasteiger partial charge in [-0.2, -0.15) is 13.2 Å². The van der Waals surface area contributed by atoms with E-state index in [0.29, 0.717) is 19.0 Å². The maximum Gasteiger partial charge on any atom is 0.424 e. The number of hydrogen-bond acceptors (Lipinski definition) is 4. The third-order valence-electron chi connectivity index (χ3n) is 3.97. The molecular weight excluding hydrogens is 379 g/mol. The van der Waals surface area contributed by atoms with Crippen LogP contribution in [0, 0.1) is 6.92 Å². The lowest BCUT2D eigenvalue weighted by molar-refractivity contribution is -0.272. The number of aromatic nitrogens is 2. The molecule has 2 aromatic heterocycles. The van der Waals surface area contributed by atoms with Crippen LogP contribution in [0.2, 0.25) is 0 Å². The molecule has 0 saturated heterocycles. The Morgan fingerprint density at radius 1 is 1.33 bits per heavy atom. The number of aryl methyl sites for hydroxylation is 2. The van der Waals surface area contributed by atoms with E-state index < -0.39 is 24.0 Å². The molecule has 0 aliphatic heterocycles. The van der Waals surface area contributed by atoms with Crippen LogP contribution in [0.4, 0.5) is 13.2 Å². The first-order valence-corrected chi connectivity index (χ1v) is 9.33. The smallest absolute Gasteiger partial charge is 0.374 e. The molecule has 0 aliphatic carbocycles. The van der Waals surface area contributed by atoms with E-state index in [2.05, 4.69) is 20.6 Å². The Balaban J connectivity index is 2.05. The van der Waals surface area contributed by atoms with E-state index in [4.69, 9.17) is 0 Å². The predicted molar refractivity (Wildman–Crippen MR) is 99.7 cm³/mol. The fraction of sp³-hybridized carbons (Fsp3) is 0.529. The maximum absolute atomic E-state index is 13.5. The van der Waals surface area contributed by atoms with Crippen molar-refractivity contribution in [2.75, 3.05) is 13.1 Å². The molecule has 10 heteroatoms. The summed E-state index contributed by atoms with van der Waals surface area (Å²) in [4.78, 5) is 10.3. The van der Waals surface area contributed by atoms with E-state index in [1.165, 1.54) is 28.9 Å². The molecule has 0 saturated carbocycles. The summed E-state index contributed by atoms with van der Waals surface area (Å²) < 4.78 is 41.7. The van der Waals surface area contributed by atoms with E-state index in [0.717, 1.165) is 4.88 Å². The second kappa shape index (κ2) is 8.75. The third-order valence-corrected chi connectivity index (χ3v) is 4.96. The van der Waals surface area contributed by atoms with Crippen LogP contribution in [0.3, 0.4) is 0 Å². The molecule has 0 aromatic carbocycles. The molecule has 2 aromatic rings. The van der Waals surface area contributed by atoms with Crippen LogP contribution in [0.25, 0.3) is 0 Å². The van der Waals surface area contributed by atoms with Gasteiger partial charge in [0.15, 0.2) is 5.96 Å². The van der Waals surface area contributed by atoms with E-state index in [9.17, 15) is 18.3 Å². The predicted octanol–water partition coefficient (Wildman–Crippen LogP) is 2.69.